The lowest BCUT2D eigenvalue weighted by Gasteiger charge is -2.13. The molecule has 18 heavy (non-hydrogen) atoms. The van der Waals surface area contributed by atoms with Crippen molar-refractivity contribution in [2.75, 3.05) is 0 Å². The Labute approximate surface area is 110 Å². The third-order valence-electron chi connectivity index (χ3n) is 3.08. The molecule has 0 amide bonds. The topological polar surface area (TPSA) is 12.0 Å². The summed E-state index contributed by atoms with van der Waals surface area (Å²) in [5.41, 5.74) is 5.28. The summed E-state index contributed by atoms with van der Waals surface area (Å²) >= 11 is 0. The normalized spacial score (nSPS) is 10.9. The van der Waals surface area contributed by atoms with Gasteiger partial charge in [0.2, 0.25) is 0 Å². The third kappa shape index (κ3) is 3.21. The number of aryl methyl sites for hydroxylation is 1. The fourth-order valence-corrected chi connectivity index (χ4v) is 2.00. The molecule has 2 aromatic rings. The van der Waals surface area contributed by atoms with Gasteiger partial charge >= 0.3 is 0 Å². The van der Waals surface area contributed by atoms with E-state index in [1.165, 1.54) is 22.3 Å². The molecular formula is C17H21N. The first kappa shape index (κ1) is 12.8. The van der Waals surface area contributed by atoms with Crippen molar-refractivity contribution in [2.45, 2.75) is 33.4 Å². The molecule has 0 aliphatic heterocycles. The molecule has 0 heterocycles. The molecule has 0 saturated heterocycles. The smallest absolute Gasteiger partial charge is 0.0214 e. The molecular weight excluding hydrogens is 218 g/mol. The van der Waals surface area contributed by atoms with Crippen LogP contribution >= 0.6 is 0 Å². The molecule has 1 N–H and O–H groups in total. The van der Waals surface area contributed by atoms with E-state index in [0.717, 1.165) is 6.54 Å². The number of rotatable bonds is 4. The third-order valence-corrected chi connectivity index (χ3v) is 3.08. The lowest BCUT2D eigenvalue weighted by Crippen LogP contribution is -2.22. The predicted molar refractivity (Wildman–Crippen MR) is 78.6 cm³/mol. The first-order valence-corrected chi connectivity index (χ1v) is 6.55. The number of hydrogen-bond donors (Lipinski definition) is 1. The van der Waals surface area contributed by atoms with Crippen LogP contribution in [0.5, 0.6) is 0 Å². The zero-order valence-electron chi connectivity index (χ0n) is 11.4. The fraction of sp³-hybridized carbons (Fsp3) is 0.294. The van der Waals surface area contributed by atoms with Gasteiger partial charge in [-0.3, -0.25) is 0 Å². The summed E-state index contributed by atoms with van der Waals surface area (Å²) in [7, 11) is 0. The molecule has 0 spiro atoms. The largest absolute Gasteiger partial charge is 0.310 e. The SMILES string of the molecule is Cc1ccc(-c2ccccc2CNC(C)C)cc1. The maximum atomic E-state index is 3.48. The molecule has 0 saturated carbocycles. The van der Waals surface area contributed by atoms with Crippen LogP contribution in [0.2, 0.25) is 0 Å². The van der Waals surface area contributed by atoms with Gasteiger partial charge in [-0.05, 0) is 23.6 Å². The number of benzene rings is 2. The van der Waals surface area contributed by atoms with Crippen LogP contribution in [0.25, 0.3) is 11.1 Å². The molecule has 0 radical (unpaired) electrons. The Morgan fingerprint density at radius 1 is 0.944 bits per heavy atom. The Morgan fingerprint density at radius 3 is 2.28 bits per heavy atom. The number of nitrogens with one attached hydrogen (secondary N) is 1. The Hall–Kier alpha value is -1.60. The highest BCUT2D eigenvalue weighted by Crippen LogP contribution is 2.24. The second-order valence-corrected chi connectivity index (χ2v) is 5.06. The van der Waals surface area contributed by atoms with Gasteiger partial charge in [0, 0.05) is 12.6 Å². The van der Waals surface area contributed by atoms with Crippen LogP contribution in [-0.2, 0) is 6.54 Å². The quantitative estimate of drug-likeness (QED) is 0.844. The molecule has 0 unspecified atom stereocenters. The zero-order chi connectivity index (χ0) is 13.0. The van der Waals surface area contributed by atoms with Crippen LogP contribution in [0.4, 0.5) is 0 Å². The van der Waals surface area contributed by atoms with Crippen LogP contribution in [0.1, 0.15) is 25.0 Å². The van der Waals surface area contributed by atoms with E-state index in [1.807, 2.05) is 0 Å². The second-order valence-electron chi connectivity index (χ2n) is 5.06. The summed E-state index contributed by atoms with van der Waals surface area (Å²) in [6.07, 6.45) is 0. The predicted octanol–water partition coefficient (Wildman–Crippen LogP) is 4.16. The molecule has 1 nitrogen and oxygen atoms in total. The van der Waals surface area contributed by atoms with E-state index in [2.05, 4.69) is 74.6 Å². The van der Waals surface area contributed by atoms with E-state index in [-0.39, 0.29) is 0 Å². The summed E-state index contributed by atoms with van der Waals surface area (Å²) in [4.78, 5) is 0. The van der Waals surface area contributed by atoms with Crippen molar-refractivity contribution in [3.63, 3.8) is 0 Å². The number of hydrogen-bond acceptors (Lipinski definition) is 1. The summed E-state index contributed by atoms with van der Waals surface area (Å²) in [6.45, 7) is 7.39. The molecule has 1 heteroatoms. The van der Waals surface area contributed by atoms with E-state index in [9.17, 15) is 0 Å². The molecule has 0 aliphatic rings. The minimum atomic E-state index is 0.510. The maximum Gasteiger partial charge on any atom is 0.0214 e. The first-order chi connectivity index (χ1) is 8.66. The van der Waals surface area contributed by atoms with E-state index in [0.29, 0.717) is 6.04 Å². The monoisotopic (exact) mass is 239 g/mol. The van der Waals surface area contributed by atoms with E-state index >= 15 is 0 Å². The molecule has 2 rings (SSSR count). The van der Waals surface area contributed by atoms with Crippen LogP contribution in [-0.4, -0.2) is 6.04 Å². The van der Waals surface area contributed by atoms with Crippen molar-refractivity contribution in [3.05, 3.63) is 59.7 Å². The van der Waals surface area contributed by atoms with Crippen molar-refractivity contribution >= 4 is 0 Å². The second kappa shape index (κ2) is 5.83. The Kier molecular flexibility index (Phi) is 4.16. The maximum absolute atomic E-state index is 3.48. The van der Waals surface area contributed by atoms with Crippen molar-refractivity contribution < 1.29 is 0 Å². The van der Waals surface area contributed by atoms with Crippen LogP contribution in [0, 0.1) is 6.92 Å². The minimum Gasteiger partial charge on any atom is -0.310 e. The molecule has 2 aromatic carbocycles. The van der Waals surface area contributed by atoms with Gasteiger partial charge in [0.05, 0.1) is 0 Å². The van der Waals surface area contributed by atoms with E-state index in [4.69, 9.17) is 0 Å². The zero-order valence-corrected chi connectivity index (χ0v) is 11.4. The van der Waals surface area contributed by atoms with Crippen molar-refractivity contribution in [2.24, 2.45) is 0 Å². The minimum absolute atomic E-state index is 0.510. The highest BCUT2D eigenvalue weighted by atomic mass is 14.9. The van der Waals surface area contributed by atoms with Gasteiger partial charge in [-0.2, -0.15) is 0 Å². The first-order valence-electron chi connectivity index (χ1n) is 6.55. The average molecular weight is 239 g/mol. The van der Waals surface area contributed by atoms with Gasteiger partial charge in [0.15, 0.2) is 0 Å². The fourth-order valence-electron chi connectivity index (χ4n) is 2.00. The molecule has 0 aromatic heterocycles. The lowest BCUT2D eigenvalue weighted by atomic mass is 9.99. The Balaban J connectivity index is 2.29. The summed E-state index contributed by atoms with van der Waals surface area (Å²) in [6, 6.07) is 17.9. The standard InChI is InChI=1S/C17H21N/c1-13(2)18-12-16-6-4-5-7-17(16)15-10-8-14(3)9-11-15/h4-11,13,18H,12H2,1-3H3. The van der Waals surface area contributed by atoms with Crippen molar-refractivity contribution in [1.29, 1.82) is 0 Å². The molecule has 0 fully saturated rings. The molecule has 0 atom stereocenters. The Bertz CT molecular complexity index is 497. The highest BCUT2D eigenvalue weighted by Gasteiger charge is 2.04. The van der Waals surface area contributed by atoms with Gasteiger partial charge in [-0.15, -0.1) is 0 Å². The van der Waals surface area contributed by atoms with Gasteiger partial charge in [0.1, 0.15) is 0 Å². The molecule has 94 valence electrons. The van der Waals surface area contributed by atoms with Gasteiger partial charge < -0.3 is 5.32 Å². The Morgan fingerprint density at radius 2 is 1.61 bits per heavy atom. The molecule has 0 bridgehead atoms. The van der Waals surface area contributed by atoms with E-state index in [1.54, 1.807) is 0 Å². The van der Waals surface area contributed by atoms with Gasteiger partial charge in [-0.25, -0.2) is 0 Å². The molecule has 0 aliphatic carbocycles. The van der Waals surface area contributed by atoms with Crippen molar-refractivity contribution in [1.82, 2.24) is 5.32 Å². The summed E-state index contributed by atoms with van der Waals surface area (Å²) in [5.74, 6) is 0. The van der Waals surface area contributed by atoms with Crippen molar-refractivity contribution in [3.8, 4) is 11.1 Å². The highest BCUT2D eigenvalue weighted by molar-refractivity contribution is 5.67. The van der Waals surface area contributed by atoms with Crippen LogP contribution in [0.15, 0.2) is 48.5 Å². The van der Waals surface area contributed by atoms with Crippen LogP contribution < -0.4 is 5.32 Å². The summed E-state index contributed by atoms with van der Waals surface area (Å²) < 4.78 is 0. The summed E-state index contributed by atoms with van der Waals surface area (Å²) in [5, 5.41) is 3.48. The van der Waals surface area contributed by atoms with Crippen LogP contribution in [0.3, 0.4) is 0 Å². The van der Waals surface area contributed by atoms with Gasteiger partial charge in [-0.1, -0.05) is 67.9 Å². The average Bonchev–Trinajstić information content (AvgIpc) is 2.38. The lowest BCUT2D eigenvalue weighted by molar-refractivity contribution is 0.589. The van der Waals surface area contributed by atoms with E-state index < -0.39 is 0 Å². The van der Waals surface area contributed by atoms with Gasteiger partial charge in [0.25, 0.3) is 0 Å².